The molecule has 0 bridgehead atoms. The van der Waals surface area contributed by atoms with Crippen LogP contribution in [0, 0.1) is 0 Å². The number of thiazole rings is 1. The van der Waals surface area contributed by atoms with Crippen molar-refractivity contribution in [1.82, 2.24) is 10.3 Å². The van der Waals surface area contributed by atoms with Gasteiger partial charge in [0.2, 0.25) is 0 Å². The molecule has 1 aromatic carbocycles. The maximum absolute atomic E-state index is 5.98. The summed E-state index contributed by atoms with van der Waals surface area (Å²) < 4.78 is 0. The molecule has 0 saturated carbocycles. The van der Waals surface area contributed by atoms with Crippen molar-refractivity contribution >= 4 is 22.9 Å². The third-order valence-corrected chi connectivity index (χ3v) is 3.93. The summed E-state index contributed by atoms with van der Waals surface area (Å²) in [7, 11) is 1.98. The number of rotatable bonds is 4. The van der Waals surface area contributed by atoms with E-state index in [2.05, 4.69) is 17.2 Å². The lowest BCUT2D eigenvalue weighted by Gasteiger charge is -2.06. The number of nitrogens with zero attached hydrogens (tertiary/aromatic N) is 1. The Hall–Kier alpha value is -0.900. The Labute approximate surface area is 111 Å². The van der Waals surface area contributed by atoms with Gasteiger partial charge in [0.1, 0.15) is 5.01 Å². The number of hydrogen-bond acceptors (Lipinski definition) is 3. The Morgan fingerprint density at radius 2 is 2.29 bits per heavy atom. The van der Waals surface area contributed by atoms with Crippen molar-refractivity contribution in [2.75, 3.05) is 7.05 Å². The van der Waals surface area contributed by atoms with Crippen LogP contribution in [0.1, 0.15) is 11.8 Å². The summed E-state index contributed by atoms with van der Waals surface area (Å²) >= 11 is 7.70. The Morgan fingerprint density at radius 3 is 3.00 bits per heavy atom. The van der Waals surface area contributed by atoms with E-state index in [0.29, 0.717) is 6.04 Å². The summed E-state index contributed by atoms with van der Waals surface area (Å²) in [4.78, 5) is 5.74. The fourth-order valence-electron chi connectivity index (χ4n) is 1.56. The van der Waals surface area contributed by atoms with E-state index in [1.807, 2.05) is 37.5 Å². The molecule has 0 aliphatic carbocycles. The minimum Gasteiger partial charge on any atom is -0.317 e. The van der Waals surface area contributed by atoms with E-state index in [4.69, 9.17) is 11.6 Å². The van der Waals surface area contributed by atoms with E-state index in [9.17, 15) is 0 Å². The summed E-state index contributed by atoms with van der Waals surface area (Å²) in [6.45, 7) is 2.17. The van der Waals surface area contributed by atoms with Crippen LogP contribution in [0.3, 0.4) is 0 Å². The molecule has 0 amide bonds. The predicted octanol–water partition coefficient (Wildman–Crippen LogP) is 3.61. The van der Waals surface area contributed by atoms with Gasteiger partial charge in [0, 0.05) is 27.7 Å². The second kappa shape index (κ2) is 5.63. The number of likely N-dealkylation sites (N-methyl/N-ethyl adjacent to an activating group) is 1. The molecule has 4 heteroatoms. The van der Waals surface area contributed by atoms with Crippen LogP contribution in [0.15, 0.2) is 30.5 Å². The van der Waals surface area contributed by atoms with Crippen LogP contribution in [0.5, 0.6) is 0 Å². The standard InChI is InChI=1S/C13H15ClN2S/c1-9(15-2)6-12-8-16-13(17-12)10-4-3-5-11(14)7-10/h3-5,7-9,15H,6H2,1-2H3. The summed E-state index contributed by atoms with van der Waals surface area (Å²) in [5.41, 5.74) is 1.09. The van der Waals surface area contributed by atoms with Crippen LogP contribution in [0.25, 0.3) is 10.6 Å². The molecule has 1 atom stereocenters. The van der Waals surface area contributed by atoms with Crippen LogP contribution in [-0.2, 0) is 6.42 Å². The average Bonchev–Trinajstić information content (AvgIpc) is 2.77. The molecule has 0 fully saturated rings. The highest BCUT2D eigenvalue weighted by Crippen LogP contribution is 2.27. The zero-order valence-corrected chi connectivity index (χ0v) is 11.5. The normalized spacial score (nSPS) is 12.6. The number of hydrogen-bond donors (Lipinski definition) is 1. The fourth-order valence-corrected chi connectivity index (χ4v) is 2.79. The molecular formula is C13H15ClN2S. The van der Waals surface area contributed by atoms with E-state index >= 15 is 0 Å². The van der Waals surface area contributed by atoms with Gasteiger partial charge in [-0.15, -0.1) is 11.3 Å². The average molecular weight is 267 g/mol. The molecule has 1 N–H and O–H groups in total. The molecule has 0 spiro atoms. The van der Waals surface area contributed by atoms with Gasteiger partial charge in [-0.05, 0) is 32.5 Å². The van der Waals surface area contributed by atoms with Crippen LogP contribution in [0.2, 0.25) is 5.02 Å². The van der Waals surface area contributed by atoms with Gasteiger partial charge in [0.05, 0.1) is 0 Å². The molecule has 2 aromatic rings. The first-order chi connectivity index (χ1) is 8.19. The molecular weight excluding hydrogens is 252 g/mol. The van der Waals surface area contributed by atoms with Crippen LogP contribution >= 0.6 is 22.9 Å². The summed E-state index contributed by atoms with van der Waals surface area (Å²) in [5, 5.41) is 5.02. The minimum atomic E-state index is 0.475. The first-order valence-corrected chi connectivity index (χ1v) is 6.76. The fraction of sp³-hybridized carbons (Fsp3) is 0.308. The number of benzene rings is 1. The zero-order chi connectivity index (χ0) is 12.3. The Morgan fingerprint density at radius 1 is 1.47 bits per heavy atom. The quantitative estimate of drug-likeness (QED) is 0.914. The maximum atomic E-state index is 5.98. The zero-order valence-electron chi connectivity index (χ0n) is 9.90. The van der Waals surface area contributed by atoms with E-state index in [1.54, 1.807) is 11.3 Å². The second-order valence-electron chi connectivity index (χ2n) is 4.04. The Bertz CT molecular complexity index is 496. The monoisotopic (exact) mass is 266 g/mol. The molecule has 0 aliphatic rings. The lowest BCUT2D eigenvalue weighted by molar-refractivity contribution is 0.612. The molecule has 2 rings (SSSR count). The minimum absolute atomic E-state index is 0.475. The van der Waals surface area contributed by atoms with Crippen molar-refractivity contribution in [3.63, 3.8) is 0 Å². The van der Waals surface area contributed by atoms with Crippen molar-refractivity contribution in [3.8, 4) is 10.6 Å². The van der Waals surface area contributed by atoms with Crippen LogP contribution in [-0.4, -0.2) is 18.1 Å². The van der Waals surface area contributed by atoms with Crippen molar-refractivity contribution < 1.29 is 0 Å². The number of halogens is 1. The molecule has 1 unspecified atom stereocenters. The van der Waals surface area contributed by atoms with Gasteiger partial charge in [0.15, 0.2) is 0 Å². The molecule has 0 aliphatic heterocycles. The van der Waals surface area contributed by atoms with Crippen LogP contribution < -0.4 is 5.32 Å². The summed E-state index contributed by atoms with van der Waals surface area (Å²) in [6.07, 6.45) is 2.96. The maximum Gasteiger partial charge on any atom is 0.123 e. The summed E-state index contributed by atoms with van der Waals surface area (Å²) in [6, 6.07) is 8.29. The van der Waals surface area contributed by atoms with E-state index in [0.717, 1.165) is 22.0 Å². The molecule has 2 nitrogen and oxygen atoms in total. The first kappa shape index (κ1) is 12.6. The SMILES string of the molecule is CNC(C)Cc1cnc(-c2cccc(Cl)c2)s1. The second-order valence-corrected chi connectivity index (χ2v) is 5.59. The van der Waals surface area contributed by atoms with Gasteiger partial charge < -0.3 is 5.32 Å². The largest absolute Gasteiger partial charge is 0.317 e. The Balaban J connectivity index is 2.18. The van der Waals surface area contributed by atoms with Gasteiger partial charge in [-0.3, -0.25) is 0 Å². The van der Waals surface area contributed by atoms with E-state index in [-0.39, 0.29) is 0 Å². The van der Waals surface area contributed by atoms with Crippen molar-refractivity contribution in [2.45, 2.75) is 19.4 Å². The topological polar surface area (TPSA) is 24.9 Å². The predicted molar refractivity (Wildman–Crippen MR) is 74.8 cm³/mol. The number of nitrogens with one attached hydrogen (secondary N) is 1. The molecule has 1 heterocycles. The molecule has 0 saturated heterocycles. The van der Waals surface area contributed by atoms with Crippen molar-refractivity contribution in [2.24, 2.45) is 0 Å². The van der Waals surface area contributed by atoms with Crippen molar-refractivity contribution in [1.29, 1.82) is 0 Å². The van der Waals surface area contributed by atoms with Crippen LogP contribution in [0.4, 0.5) is 0 Å². The van der Waals surface area contributed by atoms with E-state index in [1.165, 1.54) is 4.88 Å². The highest BCUT2D eigenvalue weighted by atomic mass is 35.5. The molecule has 90 valence electrons. The van der Waals surface area contributed by atoms with Crippen molar-refractivity contribution in [3.05, 3.63) is 40.4 Å². The van der Waals surface area contributed by atoms with Gasteiger partial charge in [-0.1, -0.05) is 23.7 Å². The third-order valence-electron chi connectivity index (χ3n) is 2.63. The lowest BCUT2D eigenvalue weighted by atomic mass is 10.2. The van der Waals surface area contributed by atoms with Gasteiger partial charge in [0.25, 0.3) is 0 Å². The highest BCUT2D eigenvalue weighted by Gasteiger charge is 2.07. The van der Waals surface area contributed by atoms with E-state index < -0.39 is 0 Å². The Kier molecular flexibility index (Phi) is 4.15. The lowest BCUT2D eigenvalue weighted by Crippen LogP contribution is -2.22. The molecule has 17 heavy (non-hydrogen) atoms. The summed E-state index contributed by atoms with van der Waals surface area (Å²) in [5.74, 6) is 0. The number of aromatic nitrogens is 1. The third kappa shape index (κ3) is 3.28. The molecule has 1 aromatic heterocycles. The first-order valence-electron chi connectivity index (χ1n) is 5.57. The van der Waals surface area contributed by atoms with Gasteiger partial charge in [-0.25, -0.2) is 4.98 Å². The smallest absolute Gasteiger partial charge is 0.123 e. The van der Waals surface area contributed by atoms with Gasteiger partial charge in [-0.2, -0.15) is 0 Å². The highest BCUT2D eigenvalue weighted by molar-refractivity contribution is 7.15. The van der Waals surface area contributed by atoms with Gasteiger partial charge >= 0.3 is 0 Å². The molecule has 0 radical (unpaired) electrons.